The normalized spacial score (nSPS) is 17.0. The molecular weight excluding hydrogens is 402 g/mol. The molecule has 10 heteroatoms. The third kappa shape index (κ3) is 4.52. The Labute approximate surface area is 172 Å². The molecule has 2 N–H and O–H groups in total. The molecule has 0 unspecified atom stereocenters. The Balaban J connectivity index is 1.88. The Morgan fingerprint density at radius 1 is 1.31 bits per heavy atom. The first kappa shape index (κ1) is 21.1. The molecule has 2 heterocycles. The summed E-state index contributed by atoms with van der Waals surface area (Å²) in [5, 5.41) is 12.3. The van der Waals surface area contributed by atoms with E-state index in [-0.39, 0.29) is 41.9 Å². The zero-order valence-electron chi connectivity index (χ0n) is 15.9. The molecule has 1 fully saturated rings. The van der Waals surface area contributed by atoms with Gasteiger partial charge in [0.05, 0.1) is 49.8 Å². The van der Waals surface area contributed by atoms with Gasteiger partial charge in [-0.1, -0.05) is 11.6 Å². The summed E-state index contributed by atoms with van der Waals surface area (Å²) in [6, 6.07) is 4.71. The summed E-state index contributed by atoms with van der Waals surface area (Å²) in [6.45, 7) is 1.81. The Kier molecular flexibility index (Phi) is 6.73. The van der Waals surface area contributed by atoms with Gasteiger partial charge < -0.3 is 29.7 Å². The summed E-state index contributed by atoms with van der Waals surface area (Å²) in [5.74, 6) is -1.28. The summed E-state index contributed by atoms with van der Waals surface area (Å²) in [6.07, 6.45) is 0. The minimum atomic E-state index is -0.655. The number of halogens is 1. The summed E-state index contributed by atoms with van der Waals surface area (Å²) in [5.41, 5.74) is 0.869. The van der Waals surface area contributed by atoms with Crippen molar-refractivity contribution in [3.8, 4) is 0 Å². The highest BCUT2D eigenvalue weighted by atomic mass is 35.5. The van der Waals surface area contributed by atoms with Crippen LogP contribution in [0.4, 0.5) is 5.69 Å². The van der Waals surface area contributed by atoms with Crippen LogP contribution in [-0.2, 0) is 19.1 Å². The number of hydrogen-bond acceptors (Lipinski definition) is 7. The minimum absolute atomic E-state index is 0.0123. The number of nitrogens with one attached hydrogen (secondary N) is 1. The van der Waals surface area contributed by atoms with Crippen LogP contribution >= 0.6 is 11.6 Å². The number of β-amino-alcohol motifs (C(OH)–C–C–N with tert-alkyl or cyclic N) is 1. The van der Waals surface area contributed by atoms with Crippen LogP contribution in [0.1, 0.15) is 10.4 Å². The number of methoxy groups -OCH3 is 1. The summed E-state index contributed by atoms with van der Waals surface area (Å²) >= 11 is 6.26. The van der Waals surface area contributed by atoms with Gasteiger partial charge in [0.2, 0.25) is 0 Å². The molecule has 2 aliphatic heterocycles. The van der Waals surface area contributed by atoms with E-state index in [9.17, 15) is 14.4 Å². The van der Waals surface area contributed by atoms with Gasteiger partial charge in [-0.2, -0.15) is 0 Å². The van der Waals surface area contributed by atoms with E-state index in [4.69, 9.17) is 26.2 Å². The van der Waals surface area contributed by atoms with Gasteiger partial charge >= 0.3 is 5.97 Å². The summed E-state index contributed by atoms with van der Waals surface area (Å²) in [4.78, 5) is 40.5. The second kappa shape index (κ2) is 9.25. The highest BCUT2D eigenvalue weighted by molar-refractivity contribution is 6.33. The lowest BCUT2D eigenvalue weighted by molar-refractivity contribution is -0.136. The number of carbonyl (C=O) groups excluding carboxylic acids is 3. The second-order valence-electron chi connectivity index (χ2n) is 6.52. The predicted octanol–water partition coefficient (Wildman–Crippen LogP) is 0.486. The number of hydrogen-bond donors (Lipinski definition) is 2. The van der Waals surface area contributed by atoms with Crippen molar-refractivity contribution < 1.29 is 29.0 Å². The molecule has 0 bridgehead atoms. The van der Waals surface area contributed by atoms with E-state index >= 15 is 0 Å². The van der Waals surface area contributed by atoms with Gasteiger partial charge in [0.15, 0.2) is 0 Å². The molecule has 1 aromatic carbocycles. The van der Waals surface area contributed by atoms with Crippen molar-refractivity contribution in [2.24, 2.45) is 0 Å². The first-order chi connectivity index (χ1) is 14.0. The number of ether oxygens (including phenoxy) is 2. The third-order valence-corrected chi connectivity index (χ3v) is 5.05. The van der Waals surface area contributed by atoms with Crippen molar-refractivity contribution in [2.75, 3.05) is 58.4 Å². The van der Waals surface area contributed by atoms with Crippen molar-refractivity contribution >= 4 is 35.1 Å². The van der Waals surface area contributed by atoms with E-state index < -0.39 is 11.9 Å². The van der Waals surface area contributed by atoms with Crippen LogP contribution in [-0.4, -0.2) is 85.8 Å². The molecule has 2 aliphatic rings. The lowest BCUT2D eigenvalue weighted by atomic mass is 10.1. The highest BCUT2D eigenvalue weighted by Gasteiger charge is 2.34. The lowest BCUT2D eigenvalue weighted by Crippen LogP contribution is -2.40. The van der Waals surface area contributed by atoms with E-state index in [2.05, 4.69) is 5.32 Å². The zero-order chi connectivity index (χ0) is 21.0. The number of esters is 1. The number of amides is 2. The van der Waals surface area contributed by atoms with Crippen LogP contribution in [0.25, 0.3) is 0 Å². The average Bonchev–Trinajstić information content (AvgIpc) is 3.05. The molecule has 0 spiro atoms. The van der Waals surface area contributed by atoms with Crippen LogP contribution in [0.3, 0.4) is 0 Å². The Morgan fingerprint density at radius 2 is 2.03 bits per heavy atom. The lowest BCUT2D eigenvalue weighted by Gasteiger charge is -2.27. The van der Waals surface area contributed by atoms with Gasteiger partial charge in [-0.3, -0.25) is 9.59 Å². The van der Waals surface area contributed by atoms with Crippen molar-refractivity contribution in [3.05, 3.63) is 40.1 Å². The maximum Gasteiger partial charge on any atom is 0.337 e. The molecule has 1 aromatic rings. The number of carbonyl (C=O) groups is 3. The molecule has 1 saturated heterocycles. The quantitative estimate of drug-likeness (QED) is 0.641. The van der Waals surface area contributed by atoms with Gasteiger partial charge in [0.1, 0.15) is 5.70 Å². The predicted molar refractivity (Wildman–Crippen MR) is 105 cm³/mol. The molecule has 0 aromatic heterocycles. The molecular formula is C19H22ClN3O6. The standard InChI is InChI=1S/C19H22ClN3O6/c1-28-19(27)13-11-23(4-7-24)18(26)16(13)21-15-10-12(2-3-14(15)20)17(25)22-5-8-29-9-6-22/h2-3,10,21,24H,4-9,11H2,1H3. The largest absolute Gasteiger partial charge is 0.466 e. The topological polar surface area (TPSA) is 108 Å². The third-order valence-electron chi connectivity index (χ3n) is 4.72. The fraction of sp³-hybridized carbons (Fsp3) is 0.421. The highest BCUT2D eigenvalue weighted by Crippen LogP contribution is 2.29. The SMILES string of the molecule is COC(=O)C1=C(Nc2cc(C(=O)N3CCOCC3)ccc2Cl)C(=O)N(CCO)C1. The first-order valence-electron chi connectivity index (χ1n) is 9.11. The number of aliphatic hydroxyl groups excluding tert-OH is 1. The van der Waals surface area contributed by atoms with Gasteiger partial charge in [0.25, 0.3) is 11.8 Å². The van der Waals surface area contributed by atoms with Crippen molar-refractivity contribution in [1.82, 2.24) is 9.80 Å². The van der Waals surface area contributed by atoms with Gasteiger partial charge in [-0.25, -0.2) is 4.79 Å². The van der Waals surface area contributed by atoms with Crippen LogP contribution in [0.15, 0.2) is 29.5 Å². The number of aliphatic hydroxyl groups is 1. The van der Waals surface area contributed by atoms with Crippen LogP contribution in [0.2, 0.25) is 5.02 Å². The molecule has 3 rings (SSSR count). The maximum atomic E-state index is 12.7. The number of anilines is 1. The Hall–Kier alpha value is -2.62. The number of morpholine rings is 1. The van der Waals surface area contributed by atoms with Gasteiger partial charge in [-0.15, -0.1) is 0 Å². The second-order valence-corrected chi connectivity index (χ2v) is 6.93. The molecule has 0 radical (unpaired) electrons. The Bertz CT molecular complexity index is 850. The molecule has 156 valence electrons. The van der Waals surface area contributed by atoms with E-state index in [1.165, 1.54) is 12.0 Å². The minimum Gasteiger partial charge on any atom is -0.466 e. The molecule has 0 saturated carbocycles. The van der Waals surface area contributed by atoms with E-state index in [0.717, 1.165) is 0 Å². The van der Waals surface area contributed by atoms with Crippen LogP contribution < -0.4 is 5.32 Å². The van der Waals surface area contributed by atoms with Crippen LogP contribution in [0, 0.1) is 0 Å². The fourth-order valence-electron chi connectivity index (χ4n) is 3.19. The zero-order valence-corrected chi connectivity index (χ0v) is 16.7. The first-order valence-corrected chi connectivity index (χ1v) is 9.49. The van der Waals surface area contributed by atoms with Crippen molar-refractivity contribution in [3.63, 3.8) is 0 Å². The van der Waals surface area contributed by atoms with Gasteiger partial charge in [-0.05, 0) is 18.2 Å². The maximum absolute atomic E-state index is 12.7. The van der Waals surface area contributed by atoms with Crippen molar-refractivity contribution in [2.45, 2.75) is 0 Å². The fourth-order valence-corrected chi connectivity index (χ4v) is 3.35. The number of benzene rings is 1. The Morgan fingerprint density at radius 3 is 2.69 bits per heavy atom. The van der Waals surface area contributed by atoms with Gasteiger partial charge in [0, 0.05) is 25.2 Å². The molecule has 0 atom stereocenters. The summed E-state index contributed by atoms with van der Waals surface area (Å²) < 4.78 is 10.0. The van der Waals surface area contributed by atoms with E-state index in [1.807, 2.05) is 0 Å². The molecule has 0 aliphatic carbocycles. The van der Waals surface area contributed by atoms with Crippen LogP contribution in [0.5, 0.6) is 0 Å². The molecule has 9 nitrogen and oxygen atoms in total. The average molecular weight is 424 g/mol. The van der Waals surface area contributed by atoms with Crippen molar-refractivity contribution in [1.29, 1.82) is 0 Å². The molecule has 2 amide bonds. The summed E-state index contributed by atoms with van der Waals surface area (Å²) in [7, 11) is 1.22. The number of nitrogens with zero attached hydrogens (tertiary/aromatic N) is 2. The monoisotopic (exact) mass is 423 g/mol. The smallest absolute Gasteiger partial charge is 0.337 e. The van der Waals surface area contributed by atoms with E-state index in [0.29, 0.717) is 37.6 Å². The number of rotatable bonds is 6. The molecule has 29 heavy (non-hydrogen) atoms. The van der Waals surface area contributed by atoms with E-state index in [1.54, 1.807) is 23.1 Å².